The number of carbonyl (C=O) groups is 1. The van der Waals surface area contributed by atoms with Crippen molar-refractivity contribution in [1.29, 1.82) is 0 Å². The number of fused-ring (bicyclic) bond motifs is 1. The molecule has 0 unspecified atom stereocenters. The predicted molar refractivity (Wildman–Crippen MR) is 100 cm³/mol. The molecule has 1 aliphatic rings. The lowest BCUT2D eigenvalue weighted by Gasteiger charge is -2.21. The van der Waals surface area contributed by atoms with E-state index >= 15 is 0 Å². The van der Waals surface area contributed by atoms with Gasteiger partial charge >= 0.3 is 0 Å². The Morgan fingerprint density at radius 2 is 1.88 bits per heavy atom. The summed E-state index contributed by atoms with van der Waals surface area (Å²) in [5.41, 5.74) is 2.52. The maximum atomic E-state index is 13.2. The smallest absolute Gasteiger partial charge is 0.274 e. The Hall–Kier alpha value is -2.66. The highest BCUT2D eigenvalue weighted by Crippen LogP contribution is 2.40. The van der Waals surface area contributed by atoms with Gasteiger partial charge in [0.05, 0.1) is 12.1 Å². The van der Waals surface area contributed by atoms with Gasteiger partial charge in [-0.1, -0.05) is 36.4 Å². The molecule has 0 spiro atoms. The minimum absolute atomic E-state index is 0.0538. The van der Waals surface area contributed by atoms with E-state index < -0.39 is 0 Å². The van der Waals surface area contributed by atoms with Crippen molar-refractivity contribution in [3.8, 4) is 0 Å². The lowest BCUT2D eigenvalue weighted by Crippen LogP contribution is -2.35. The van der Waals surface area contributed by atoms with E-state index in [0.29, 0.717) is 24.7 Å². The zero-order valence-corrected chi connectivity index (χ0v) is 14.7. The molecular formula is C21H23N3O2. The van der Waals surface area contributed by atoms with Crippen LogP contribution in [0.3, 0.4) is 0 Å². The van der Waals surface area contributed by atoms with Crippen molar-refractivity contribution in [2.75, 3.05) is 19.7 Å². The standard InChI is InChI=1S/C21H23N3O2/c25-15-14-23(13-11-16-6-2-1-3-7-16)21(26)19-18-8-4-5-12-24(18)20(22-19)17-9-10-17/h1-8,12,17,25H,9-11,13-15H2. The molecule has 3 aromatic rings. The Kier molecular flexibility index (Phi) is 4.71. The Labute approximate surface area is 152 Å². The topological polar surface area (TPSA) is 57.8 Å². The fraction of sp³-hybridized carbons (Fsp3) is 0.333. The van der Waals surface area contributed by atoms with Crippen LogP contribution in [0.2, 0.25) is 0 Å². The first-order chi connectivity index (χ1) is 12.8. The monoisotopic (exact) mass is 349 g/mol. The number of carbonyl (C=O) groups excluding carboxylic acids is 1. The molecule has 0 aliphatic heterocycles. The SMILES string of the molecule is O=C(c1nc(C2CC2)n2ccccc12)N(CCO)CCc1ccccc1. The molecule has 1 aromatic carbocycles. The van der Waals surface area contributed by atoms with Crippen LogP contribution in [0.4, 0.5) is 0 Å². The fourth-order valence-electron chi connectivity index (χ4n) is 3.34. The molecule has 1 N–H and O–H groups in total. The number of aliphatic hydroxyl groups excluding tert-OH is 1. The van der Waals surface area contributed by atoms with E-state index in [1.165, 1.54) is 5.56 Å². The number of benzene rings is 1. The first-order valence-corrected chi connectivity index (χ1v) is 9.19. The van der Waals surface area contributed by atoms with E-state index in [4.69, 9.17) is 4.98 Å². The maximum absolute atomic E-state index is 13.2. The number of aromatic nitrogens is 2. The highest BCUT2D eigenvalue weighted by molar-refractivity contribution is 5.99. The highest BCUT2D eigenvalue weighted by Gasteiger charge is 2.31. The van der Waals surface area contributed by atoms with Gasteiger partial charge in [0.1, 0.15) is 5.82 Å². The Morgan fingerprint density at radius 3 is 2.62 bits per heavy atom. The summed E-state index contributed by atoms with van der Waals surface area (Å²) in [5.74, 6) is 1.34. The molecule has 0 atom stereocenters. The van der Waals surface area contributed by atoms with Crippen molar-refractivity contribution in [3.63, 3.8) is 0 Å². The molecule has 0 bridgehead atoms. The quantitative estimate of drug-likeness (QED) is 0.713. The van der Waals surface area contributed by atoms with Gasteiger partial charge in [0.25, 0.3) is 5.91 Å². The third kappa shape index (κ3) is 3.35. The largest absolute Gasteiger partial charge is 0.395 e. The Bertz CT molecular complexity index is 900. The first-order valence-electron chi connectivity index (χ1n) is 9.19. The summed E-state index contributed by atoms with van der Waals surface area (Å²) in [6.07, 6.45) is 5.01. The molecule has 134 valence electrons. The predicted octanol–water partition coefficient (Wildman–Crippen LogP) is 2.89. The van der Waals surface area contributed by atoms with Crippen LogP contribution in [0, 0.1) is 0 Å². The molecular weight excluding hydrogens is 326 g/mol. The zero-order chi connectivity index (χ0) is 17.9. The van der Waals surface area contributed by atoms with Gasteiger partial charge in [-0.25, -0.2) is 4.98 Å². The van der Waals surface area contributed by atoms with Gasteiger partial charge in [0.15, 0.2) is 5.69 Å². The van der Waals surface area contributed by atoms with Crippen molar-refractivity contribution >= 4 is 11.4 Å². The fourth-order valence-corrected chi connectivity index (χ4v) is 3.34. The molecule has 1 saturated carbocycles. The van der Waals surface area contributed by atoms with Crippen molar-refractivity contribution < 1.29 is 9.90 Å². The number of imidazole rings is 1. The zero-order valence-electron chi connectivity index (χ0n) is 14.7. The molecule has 4 rings (SSSR count). The van der Waals surface area contributed by atoms with Gasteiger partial charge < -0.3 is 14.4 Å². The molecule has 0 radical (unpaired) electrons. The number of pyridine rings is 1. The molecule has 1 fully saturated rings. The second-order valence-corrected chi connectivity index (χ2v) is 6.80. The summed E-state index contributed by atoms with van der Waals surface area (Å²) >= 11 is 0. The molecule has 5 heteroatoms. The van der Waals surface area contributed by atoms with Gasteiger partial charge in [-0.2, -0.15) is 0 Å². The minimum atomic E-state index is -0.106. The molecule has 1 amide bonds. The van der Waals surface area contributed by atoms with E-state index in [1.807, 2.05) is 47.0 Å². The summed E-state index contributed by atoms with van der Waals surface area (Å²) in [6, 6.07) is 15.9. The Balaban J connectivity index is 1.60. The van der Waals surface area contributed by atoms with E-state index in [9.17, 15) is 9.90 Å². The molecule has 2 heterocycles. The van der Waals surface area contributed by atoms with Gasteiger partial charge in [-0.05, 0) is 37.0 Å². The summed E-state index contributed by atoms with van der Waals surface area (Å²) in [7, 11) is 0. The summed E-state index contributed by atoms with van der Waals surface area (Å²) in [6.45, 7) is 0.825. The van der Waals surface area contributed by atoms with Crippen LogP contribution >= 0.6 is 0 Å². The van der Waals surface area contributed by atoms with E-state index in [-0.39, 0.29) is 12.5 Å². The van der Waals surface area contributed by atoms with Crippen molar-refractivity contribution in [1.82, 2.24) is 14.3 Å². The van der Waals surface area contributed by atoms with Crippen LogP contribution in [0.5, 0.6) is 0 Å². The van der Waals surface area contributed by atoms with Crippen LogP contribution in [-0.2, 0) is 6.42 Å². The Morgan fingerprint density at radius 1 is 1.12 bits per heavy atom. The number of amides is 1. The van der Waals surface area contributed by atoms with Gasteiger partial charge in [0.2, 0.25) is 0 Å². The summed E-state index contributed by atoms with van der Waals surface area (Å²) < 4.78 is 2.04. The minimum Gasteiger partial charge on any atom is -0.395 e. The molecule has 2 aromatic heterocycles. The van der Waals surface area contributed by atoms with Crippen LogP contribution in [0.1, 0.15) is 40.6 Å². The normalized spacial score (nSPS) is 13.9. The number of hydrogen-bond acceptors (Lipinski definition) is 3. The van der Waals surface area contributed by atoms with Crippen molar-refractivity contribution in [2.24, 2.45) is 0 Å². The van der Waals surface area contributed by atoms with E-state index in [2.05, 4.69) is 12.1 Å². The molecule has 1 aliphatic carbocycles. The number of hydrogen-bond donors (Lipinski definition) is 1. The maximum Gasteiger partial charge on any atom is 0.274 e. The van der Waals surface area contributed by atoms with Crippen molar-refractivity contribution in [2.45, 2.75) is 25.2 Å². The van der Waals surface area contributed by atoms with E-state index in [1.54, 1.807) is 4.90 Å². The van der Waals surface area contributed by atoms with Gasteiger partial charge in [-0.3, -0.25) is 4.79 Å². The summed E-state index contributed by atoms with van der Waals surface area (Å²) in [4.78, 5) is 19.6. The average Bonchev–Trinajstić information content (AvgIpc) is 3.46. The first kappa shape index (κ1) is 16.8. The van der Waals surface area contributed by atoms with E-state index in [0.717, 1.165) is 30.6 Å². The van der Waals surface area contributed by atoms with Crippen LogP contribution in [-0.4, -0.2) is 45.0 Å². The lowest BCUT2D eigenvalue weighted by atomic mass is 10.1. The van der Waals surface area contributed by atoms with Crippen LogP contribution in [0.25, 0.3) is 5.52 Å². The second kappa shape index (κ2) is 7.30. The lowest BCUT2D eigenvalue weighted by molar-refractivity contribution is 0.0720. The van der Waals surface area contributed by atoms with Gasteiger partial charge in [-0.15, -0.1) is 0 Å². The summed E-state index contributed by atoms with van der Waals surface area (Å²) in [5, 5.41) is 9.43. The third-order valence-corrected chi connectivity index (χ3v) is 4.89. The molecule has 5 nitrogen and oxygen atoms in total. The number of nitrogens with zero attached hydrogens (tertiary/aromatic N) is 3. The molecule has 26 heavy (non-hydrogen) atoms. The molecule has 0 saturated heterocycles. The highest BCUT2D eigenvalue weighted by atomic mass is 16.3. The van der Waals surface area contributed by atoms with Crippen LogP contribution in [0.15, 0.2) is 54.7 Å². The van der Waals surface area contributed by atoms with Crippen LogP contribution < -0.4 is 0 Å². The second-order valence-electron chi connectivity index (χ2n) is 6.80. The third-order valence-electron chi connectivity index (χ3n) is 4.89. The van der Waals surface area contributed by atoms with Gasteiger partial charge in [0, 0.05) is 25.2 Å². The van der Waals surface area contributed by atoms with Crippen molar-refractivity contribution in [3.05, 3.63) is 71.8 Å². The average molecular weight is 349 g/mol. The number of aliphatic hydroxyl groups is 1. The number of rotatable bonds is 7.